The molecule has 26 heavy (non-hydrogen) atoms. The molecule has 0 aliphatic carbocycles. The SMILES string of the molecule is COCC[C@@H]1CCOC12CCN(C(=O)COc1ccccc1OC)CC2. The zero-order chi connectivity index (χ0) is 18.4. The summed E-state index contributed by atoms with van der Waals surface area (Å²) in [6.45, 7) is 3.06. The molecule has 2 fully saturated rings. The number of ether oxygens (including phenoxy) is 4. The van der Waals surface area contributed by atoms with E-state index in [2.05, 4.69) is 0 Å². The average Bonchev–Trinajstić information content (AvgIpc) is 3.07. The number of para-hydroxylation sites is 2. The van der Waals surface area contributed by atoms with Gasteiger partial charge in [0, 0.05) is 33.4 Å². The van der Waals surface area contributed by atoms with Gasteiger partial charge in [-0.15, -0.1) is 0 Å². The first-order chi connectivity index (χ1) is 12.7. The number of likely N-dealkylation sites (tertiary alicyclic amines) is 1. The zero-order valence-electron chi connectivity index (χ0n) is 15.7. The summed E-state index contributed by atoms with van der Waals surface area (Å²) < 4.78 is 22.3. The maximum Gasteiger partial charge on any atom is 0.260 e. The van der Waals surface area contributed by atoms with Crippen molar-refractivity contribution in [2.45, 2.75) is 31.3 Å². The Labute approximate surface area is 155 Å². The molecule has 0 saturated carbocycles. The van der Waals surface area contributed by atoms with Crippen molar-refractivity contribution in [2.75, 3.05) is 47.1 Å². The molecule has 6 nitrogen and oxygen atoms in total. The van der Waals surface area contributed by atoms with Crippen molar-refractivity contribution >= 4 is 5.91 Å². The van der Waals surface area contributed by atoms with Crippen molar-refractivity contribution in [3.05, 3.63) is 24.3 Å². The molecule has 1 amide bonds. The van der Waals surface area contributed by atoms with E-state index < -0.39 is 0 Å². The molecular formula is C20H29NO5. The van der Waals surface area contributed by atoms with Crippen LogP contribution in [0.2, 0.25) is 0 Å². The first-order valence-electron chi connectivity index (χ1n) is 9.35. The number of nitrogens with zero attached hydrogens (tertiary/aromatic N) is 1. The second-order valence-electron chi connectivity index (χ2n) is 7.00. The van der Waals surface area contributed by atoms with E-state index >= 15 is 0 Å². The van der Waals surface area contributed by atoms with E-state index in [1.807, 2.05) is 29.2 Å². The molecule has 2 aliphatic heterocycles. The summed E-state index contributed by atoms with van der Waals surface area (Å²) in [5.41, 5.74) is -0.0706. The Morgan fingerprint density at radius 1 is 1.23 bits per heavy atom. The molecule has 0 bridgehead atoms. The Hall–Kier alpha value is -1.79. The van der Waals surface area contributed by atoms with E-state index in [1.165, 1.54) is 0 Å². The lowest BCUT2D eigenvalue weighted by Crippen LogP contribution is -2.50. The summed E-state index contributed by atoms with van der Waals surface area (Å²) >= 11 is 0. The Bertz CT molecular complexity index is 598. The third-order valence-corrected chi connectivity index (χ3v) is 5.65. The minimum Gasteiger partial charge on any atom is -0.493 e. The third-order valence-electron chi connectivity index (χ3n) is 5.65. The first-order valence-corrected chi connectivity index (χ1v) is 9.35. The van der Waals surface area contributed by atoms with Crippen LogP contribution in [0, 0.1) is 5.92 Å². The molecule has 144 valence electrons. The second kappa shape index (κ2) is 8.73. The van der Waals surface area contributed by atoms with E-state index in [9.17, 15) is 4.79 Å². The number of benzene rings is 1. The number of carbonyl (C=O) groups excluding carboxylic acids is 1. The Balaban J connectivity index is 1.50. The number of rotatable bonds is 7. The second-order valence-corrected chi connectivity index (χ2v) is 7.00. The lowest BCUT2D eigenvalue weighted by molar-refractivity contribution is -0.139. The molecule has 3 rings (SSSR count). The van der Waals surface area contributed by atoms with Crippen molar-refractivity contribution < 1.29 is 23.7 Å². The van der Waals surface area contributed by atoms with Gasteiger partial charge < -0.3 is 23.8 Å². The summed E-state index contributed by atoms with van der Waals surface area (Å²) in [5.74, 6) is 1.77. The summed E-state index contributed by atoms with van der Waals surface area (Å²) in [5, 5.41) is 0. The predicted molar refractivity (Wildman–Crippen MR) is 97.6 cm³/mol. The van der Waals surface area contributed by atoms with E-state index in [0.717, 1.165) is 52.0 Å². The molecule has 6 heteroatoms. The van der Waals surface area contributed by atoms with E-state index in [0.29, 0.717) is 17.4 Å². The number of amides is 1. The molecule has 2 saturated heterocycles. The van der Waals surface area contributed by atoms with Crippen molar-refractivity contribution in [2.24, 2.45) is 5.92 Å². The lowest BCUT2D eigenvalue weighted by atomic mass is 9.78. The standard InChI is InChI=1S/C20H29NO5/c1-23-13-7-16-8-14-26-20(16)9-11-21(12-10-20)19(22)15-25-18-6-4-3-5-17(18)24-2/h3-6,16H,7-15H2,1-2H3/t16-/m1/s1. The van der Waals surface area contributed by atoms with Crippen LogP contribution in [-0.2, 0) is 14.3 Å². The van der Waals surface area contributed by atoms with Crippen molar-refractivity contribution in [3.8, 4) is 11.5 Å². The number of methoxy groups -OCH3 is 2. The number of hydrogen-bond donors (Lipinski definition) is 0. The molecule has 2 aliphatic rings. The highest BCUT2D eigenvalue weighted by Gasteiger charge is 2.46. The number of hydrogen-bond acceptors (Lipinski definition) is 5. The van der Waals surface area contributed by atoms with Crippen LogP contribution in [0.3, 0.4) is 0 Å². The van der Waals surface area contributed by atoms with E-state index in [4.69, 9.17) is 18.9 Å². The molecule has 0 radical (unpaired) electrons. The van der Waals surface area contributed by atoms with Crippen molar-refractivity contribution in [1.29, 1.82) is 0 Å². The van der Waals surface area contributed by atoms with Crippen LogP contribution in [0.5, 0.6) is 11.5 Å². The minimum absolute atomic E-state index is 0.0113. The monoisotopic (exact) mass is 363 g/mol. The maximum absolute atomic E-state index is 12.5. The Morgan fingerprint density at radius 3 is 2.65 bits per heavy atom. The van der Waals surface area contributed by atoms with Crippen molar-refractivity contribution in [1.82, 2.24) is 4.90 Å². The highest BCUT2D eigenvalue weighted by Crippen LogP contribution is 2.42. The highest BCUT2D eigenvalue weighted by molar-refractivity contribution is 5.78. The quantitative estimate of drug-likeness (QED) is 0.745. The fourth-order valence-corrected chi connectivity index (χ4v) is 4.11. The van der Waals surface area contributed by atoms with Gasteiger partial charge in [0.25, 0.3) is 5.91 Å². The molecule has 2 heterocycles. The lowest BCUT2D eigenvalue weighted by Gasteiger charge is -2.42. The normalized spacial score (nSPS) is 21.8. The molecule has 1 spiro atoms. The van der Waals surface area contributed by atoms with Gasteiger partial charge in [-0.3, -0.25) is 4.79 Å². The van der Waals surface area contributed by atoms with Crippen molar-refractivity contribution in [3.63, 3.8) is 0 Å². The fraction of sp³-hybridized carbons (Fsp3) is 0.650. The maximum atomic E-state index is 12.5. The number of carbonyl (C=O) groups is 1. The smallest absolute Gasteiger partial charge is 0.260 e. The van der Waals surface area contributed by atoms with Gasteiger partial charge in [-0.05, 0) is 43.7 Å². The van der Waals surface area contributed by atoms with Gasteiger partial charge in [-0.25, -0.2) is 0 Å². The Morgan fingerprint density at radius 2 is 1.96 bits per heavy atom. The van der Waals surface area contributed by atoms with Gasteiger partial charge >= 0.3 is 0 Å². The molecule has 1 aromatic rings. The molecule has 0 unspecified atom stereocenters. The van der Waals surface area contributed by atoms with Gasteiger partial charge in [0.1, 0.15) is 0 Å². The van der Waals surface area contributed by atoms with Gasteiger partial charge in [0.2, 0.25) is 0 Å². The Kier molecular flexibility index (Phi) is 6.38. The predicted octanol–water partition coefficient (Wildman–Crippen LogP) is 2.51. The van der Waals surface area contributed by atoms with Gasteiger partial charge in [0.05, 0.1) is 12.7 Å². The van der Waals surface area contributed by atoms with Gasteiger partial charge in [-0.2, -0.15) is 0 Å². The van der Waals surface area contributed by atoms with E-state index in [1.54, 1.807) is 14.2 Å². The third kappa shape index (κ3) is 4.13. The average molecular weight is 363 g/mol. The van der Waals surface area contributed by atoms with Gasteiger partial charge in [-0.1, -0.05) is 12.1 Å². The summed E-state index contributed by atoms with van der Waals surface area (Å²) in [7, 11) is 3.33. The van der Waals surface area contributed by atoms with Gasteiger partial charge in [0.15, 0.2) is 18.1 Å². The summed E-state index contributed by atoms with van der Waals surface area (Å²) in [6, 6.07) is 7.37. The molecule has 0 N–H and O–H groups in total. The molecular weight excluding hydrogens is 334 g/mol. The highest BCUT2D eigenvalue weighted by atomic mass is 16.5. The van der Waals surface area contributed by atoms with Crippen LogP contribution in [0.15, 0.2) is 24.3 Å². The summed E-state index contributed by atoms with van der Waals surface area (Å²) in [6.07, 6.45) is 3.90. The van der Waals surface area contributed by atoms with Crippen LogP contribution >= 0.6 is 0 Å². The number of piperidine rings is 1. The fourth-order valence-electron chi connectivity index (χ4n) is 4.11. The summed E-state index contributed by atoms with van der Waals surface area (Å²) in [4.78, 5) is 14.4. The minimum atomic E-state index is -0.0706. The van der Waals surface area contributed by atoms with Crippen LogP contribution in [-0.4, -0.2) is 63.5 Å². The molecule has 1 aromatic carbocycles. The molecule has 0 aromatic heterocycles. The van der Waals surface area contributed by atoms with E-state index in [-0.39, 0.29) is 18.1 Å². The van der Waals surface area contributed by atoms with Crippen LogP contribution in [0.4, 0.5) is 0 Å². The van der Waals surface area contributed by atoms with Crippen LogP contribution in [0.25, 0.3) is 0 Å². The molecule has 1 atom stereocenters. The zero-order valence-corrected chi connectivity index (χ0v) is 15.7. The van der Waals surface area contributed by atoms with Crippen LogP contribution < -0.4 is 9.47 Å². The first kappa shape index (κ1) is 19.0. The largest absolute Gasteiger partial charge is 0.493 e. The van der Waals surface area contributed by atoms with Crippen LogP contribution in [0.1, 0.15) is 25.7 Å². The topological polar surface area (TPSA) is 57.2 Å².